The zero-order valence-electron chi connectivity index (χ0n) is 22.0. The normalized spacial score (nSPS) is 11.5. The molecule has 0 aliphatic carbocycles. The maximum Gasteiger partial charge on any atom is 0.305 e. The molecule has 1 N–H and O–H groups in total. The first-order valence-electron chi connectivity index (χ1n) is 12.1. The van der Waals surface area contributed by atoms with Gasteiger partial charge in [0.25, 0.3) is 5.91 Å². The van der Waals surface area contributed by atoms with Crippen molar-refractivity contribution in [3.63, 3.8) is 0 Å². The van der Waals surface area contributed by atoms with E-state index in [4.69, 9.17) is 23.7 Å². The van der Waals surface area contributed by atoms with E-state index < -0.39 is 16.7 Å². The van der Waals surface area contributed by atoms with Crippen molar-refractivity contribution in [1.29, 1.82) is 0 Å². The van der Waals surface area contributed by atoms with Crippen molar-refractivity contribution in [2.75, 3.05) is 39.5 Å². The van der Waals surface area contributed by atoms with Gasteiger partial charge in [0.1, 0.15) is 36.5 Å². The van der Waals surface area contributed by atoms with Gasteiger partial charge in [-0.25, -0.2) is 4.98 Å². The maximum atomic E-state index is 13.4. The molecule has 1 amide bonds. The molecule has 12 heteroatoms. The Kier molecular flexibility index (Phi) is 11.8. The van der Waals surface area contributed by atoms with E-state index in [1.54, 1.807) is 56.5 Å². The lowest BCUT2D eigenvalue weighted by molar-refractivity contribution is -0.144. The van der Waals surface area contributed by atoms with Crippen LogP contribution in [0.25, 0.3) is 0 Å². The maximum absolute atomic E-state index is 13.4. The molecular weight excluding hydrogens is 526 g/mol. The van der Waals surface area contributed by atoms with Gasteiger partial charge in [0, 0.05) is 43.2 Å². The molecule has 0 aliphatic rings. The summed E-state index contributed by atoms with van der Waals surface area (Å²) in [7, 11) is 1.39. The smallest absolute Gasteiger partial charge is 0.305 e. The molecule has 0 fully saturated rings. The summed E-state index contributed by atoms with van der Waals surface area (Å²) >= 11 is 0. The number of carbonyl (C=O) groups is 2. The van der Waals surface area contributed by atoms with Crippen LogP contribution in [0.4, 0.5) is 5.69 Å². The second kappa shape index (κ2) is 15.5. The number of methoxy groups -OCH3 is 2. The van der Waals surface area contributed by atoms with Gasteiger partial charge >= 0.3 is 5.97 Å². The fourth-order valence-electron chi connectivity index (χ4n) is 3.31. The van der Waals surface area contributed by atoms with Crippen molar-refractivity contribution < 1.29 is 37.5 Å². The third-order valence-electron chi connectivity index (χ3n) is 5.22. The lowest BCUT2D eigenvalue weighted by atomic mass is 10.2. The van der Waals surface area contributed by atoms with Crippen LogP contribution in [0.3, 0.4) is 0 Å². The van der Waals surface area contributed by atoms with Crippen LogP contribution in [-0.4, -0.2) is 60.3 Å². The molecule has 3 aromatic rings. The Bertz CT molecular complexity index is 1290. The molecule has 2 aromatic heterocycles. The minimum absolute atomic E-state index is 0.0106. The number of nitrogens with zero attached hydrogens (tertiary/aromatic N) is 2. The minimum Gasteiger partial charge on any atom is -0.497 e. The van der Waals surface area contributed by atoms with Crippen LogP contribution < -0.4 is 14.8 Å². The number of aromatic nitrogens is 2. The van der Waals surface area contributed by atoms with E-state index in [0.29, 0.717) is 35.1 Å². The lowest BCUT2D eigenvalue weighted by Crippen LogP contribution is -2.17. The third kappa shape index (κ3) is 9.13. The Morgan fingerprint density at radius 1 is 1.03 bits per heavy atom. The van der Waals surface area contributed by atoms with Gasteiger partial charge in [0.15, 0.2) is 0 Å². The van der Waals surface area contributed by atoms with Crippen LogP contribution >= 0.6 is 0 Å². The van der Waals surface area contributed by atoms with E-state index in [1.807, 2.05) is 0 Å². The molecule has 1 atom stereocenters. The highest BCUT2D eigenvalue weighted by Gasteiger charge is 2.20. The standard InChI is InChI=1S/C27H31N3O8S/c1-4-25(31)38-16-21-14-20(9-11-28-21)30-26(32)23-6-5-10-29-27(23)39(33)17-19-7-8-22(35-3)15-24(19)37-13-12-36-18-34-2/h5-11,14-15H,4,12-13,16-18H2,1-3H3,(H,28,30,32). The number of pyridine rings is 2. The van der Waals surface area contributed by atoms with Crippen molar-refractivity contribution in [1.82, 2.24) is 9.97 Å². The van der Waals surface area contributed by atoms with Crippen LogP contribution in [0.1, 0.15) is 35.0 Å². The van der Waals surface area contributed by atoms with E-state index in [-0.39, 0.29) is 48.7 Å². The number of carbonyl (C=O) groups excluding carboxylic acids is 2. The summed E-state index contributed by atoms with van der Waals surface area (Å²) in [6, 6.07) is 11.6. The van der Waals surface area contributed by atoms with E-state index in [0.717, 1.165) is 0 Å². The first-order valence-corrected chi connectivity index (χ1v) is 13.4. The molecule has 208 valence electrons. The first-order chi connectivity index (χ1) is 18.9. The molecule has 0 saturated carbocycles. The largest absolute Gasteiger partial charge is 0.497 e. The highest BCUT2D eigenvalue weighted by Crippen LogP contribution is 2.28. The van der Waals surface area contributed by atoms with Gasteiger partial charge in [0.05, 0.1) is 41.5 Å². The van der Waals surface area contributed by atoms with Crippen LogP contribution in [0.5, 0.6) is 11.5 Å². The average molecular weight is 558 g/mol. The second-order valence-electron chi connectivity index (χ2n) is 7.99. The Hall–Kier alpha value is -3.87. The minimum atomic E-state index is -1.68. The predicted octanol–water partition coefficient (Wildman–Crippen LogP) is 3.50. The average Bonchev–Trinajstić information content (AvgIpc) is 2.96. The molecule has 11 nitrogen and oxygen atoms in total. The Morgan fingerprint density at radius 2 is 1.87 bits per heavy atom. The predicted molar refractivity (Wildman–Crippen MR) is 143 cm³/mol. The second-order valence-corrected chi connectivity index (χ2v) is 9.35. The molecular formula is C27H31N3O8S. The molecule has 0 aliphatic heterocycles. The van der Waals surface area contributed by atoms with Gasteiger partial charge in [-0.2, -0.15) is 0 Å². The van der Waals surface area contributed by atoms with E-state index >= 15 is 0 Å². The lowest BCUT2D eigenvalue weighted by Gasteiger charge is -2.14. The molecule has 2 heterocycles. The summed E-state index contributed by atoms with van der Waals surface area (Å²) in [5, 5.41) is 2.90. The summed E-state index contributed by atoms with van der Waals surface area (Å²) in [6.07, 6.45) is 3.23. The molecule has 0 radical (unpaired) electrons. The molecule has 1 aromatic carbocycles. The van der Waals surface area contributed by atoms with Gasteiger partial charge in [-0.3, -0.25) is 18.8 Å². The summed E-state index contributed by atoms with van der Waals surface area (Å²) in [4.78, 5) is 33.0. The monoisotopic (exact) mass is 557 g/mol. The molecule has 1 unspecified atom stereocenters. The summed E-state index contributed by atoms with van der Waals surface area (Å²) in [5.41, 5.74) is 1.73. The van der Waals surface area contributed by atoms with Crippen LogP contribution in [-0.2, 0) is 42.2 Å². The topological polar surface area (TPSA) is 135 Å². The number of amides is 1. The number of rotatable bonds is 15. The van der Waals surface area contributed by atoms with Crippen molar-refractivity contribution in [3.05, 3.63) is 71.7 Å². The summed E-state index contributed by atoms with van der Waals surface area (Å²) in [5.74, 6) is 0.280. The van der Waals surface area contributed by atoms with Crippen LogP contribution in [0, 0.1) is 0 Å². The van der Waals surface area contributed by atoms with Crippen molar-refractivity contribution in [2.24, 2.45) is 0 Å². The van der Waals surface area contributed by atoms with Gasteiger partial charge in [0.2, 0.25) is 0 Å². The van der Waals surface area contributed by atoms with Crippen molar-refractivity contribution >= 4 is 28.4 Å². The van der Waals surface area contributed by atoms with E-state index in [2.05, 4.69) is 15.3 Å². The summed E-state index contributed by atoms with van der Waals surface area (Å²) < 4.78 is 39.8. The zero-order chi connectivity index (χ0) is 28.0. The fraction of sp³-hybridized carbons (Fsp3) is 0.333. The van der Waals surface area contributed by atoms with Crippen molar-refractivity contribution in [3.8, 4) is 11.5 Å². The molecule has 0 saturated heterocycles. The highest BCUT2D eigenvalue weighted by atomic mass is 32.2. The Morgan fingerprint density at radius 3 is 2.64 bits per heavy atom. The quantitative estimate of drug-likeness (QED) is 0.168. The number of anilines is 1. The highest BCUT2D eigenvalue weighted by molar-refractivity contribution is 7.84. The number of benzene rings is 1. The van der Waals surface area contributed by atoms with E-state index in [1.165, 1.54) is 19.5 Å². The number of nitrogens with one attached hydrogen (secondary N) is 1. The number of hydrogen-bond acceptors (Lipinski definition) is 10. The van der Waals surface area contributed by atoms with E-state index in [9.17, 15) is 13.8 Å². The SMILES string of the molecule is CCC(=O)OCc1cc(NC(=O)c2cccnc2S(=O)Cc2ccc(OC)cc2OCCOCOC)ccn1. The van der Waals surface area contributed by atoms with Gasteiger partial charge < -0.3 is 29.0 Å². The molecule has 0 bridgehead atoms. The Labute approximate surface area is 229 Å². The first kappa shape index (κ1) is 29.7. The van der Waals surface area contributed by atoms with Gasteiger partial charge in [-0.05, 0) is 30.3 Å². The van der Waals surface area contributed by atoms with Gasteiger partial charge in [-0.1, -0.05) is 13.0 Å². The molecule has 0 spiro atoms. The fourth-order valence-corrected chi connectivity index (χ4v) is 4.55. The van der Waals surface area contributed by atoms with Crippen LogP contribution in [0.15, 0.2) is 59.9 Å². The Balaban J connectivity index is 1.73. The number of ether oxygens (including phenoxy) is 5. The van der Waals surface area contributed by atoms with Crippen LogP contribution in [0.2, 0.25) is 0 Å². The molecule has 39 heavy (non-hydrogen) atoms. The number of esters is 1. The third-order valence-corrected chi connectivity index (χ3v) is 6.55. The molecule has 3 rings (SSSR count). The van der Waals surface area contributed by atoms with Gasteiger partial charge in [-0.15, -0.1) is 0 Å². The summed E-state index contributed by atoms with van der Waals surface area (Å²) in [6.45, 7) is 2.39. The zero-order valence-corrected chi connectivity index (χ0v) is 22.8. The van der Waals surface area contributed by atoms with Crippen molar-refractivity contribution in [2.45, 2.75) is 30.7 Å². The number of hydrogen-bond donors (Lipinski definition) is 1.